The van der Waals surface area contributed by atoms with Gasteiger partial charge in [-0.25, -0.2) is 9.78 Å². The molecule has 3 amide bonds. The number of amides is 3. The van der Waals surface area contributed by atoms with E-state index in [2.05, 4.69) is 27.4 Å². The Labute approximate surface area is 219 Å². The number of thiazole rings is 1. The summed E-state index contributed by atoms with van der Waals surface area (Å²) in [6.07, 6.45) is 1.19. The van der Waals surface area contributed by atoms with Gasteiger partial charge in [0.2, 0.25) is 12.8 Å². The van der Waals surface area contributed by atoms with Crippen LogP contribution in [0.4, 0.5) is 5.13 Å². The minimum absolute atomic E-state index is 0.00879. The van der Waals surface area contributed by atoms with E-state index in [1.54, 1.807) is 13.8 Å². The Kier molecular flexibility index (Phi) is 9.62. The van der Waals surface area contributed by atoms with Crippen LogP contribution < -0.4 is 10.6 Å². The molecule has 3 rings (SSSR count). The average Bonchev–Trinajstić information content (AvgIpc) is 3.32. The molecule has 14 nitrogen and oxygen atoms in total. The highest BCUT2D eigenvalue weighted by Crippen LogP contribution is 2.48. The number of aromatic nitrogens is 1. The molecule has 0 spiro atoms. The van der Waals surface area contributed by atoms with Crippen molar-refractivity contribution < 1.29 is 42.7 Å². The Bertz CT molecular complexity index is 1190. The summed E-state index contributed by atoms with van der Waals surface area (Å²) in [7, 11) is -3.65. The van der Waals surface area contributed by atoms with E-state index < -0.39 is 43.1 Å². The summed E-state index contributed by atoms with van der Waals surface area (Å²) in [4.78, 5) is 58.8. The van der Waals surface area contributed by atoms with E-state index in [-0.39, 0.29) is 41.2 Å². The van der Waals surface area contributed by atoms with Gasteiger partial charge >= 0.3 is 13.6 Å². The molecule has 0 saturated carbocycles. The lowest BCUT2D eigenvalue weighted by molar-refractivity contribution is -0.150. The highest BCUT2D eigenvalue weighted by atomic mass is 32.2. The van der Waals surface area contributed by atoms with Crippen molar-refractivity contribution in [2.45, 2.75) is 25.3 Å². The highest BCUT2D eigenvalue weighted by Gasteiger charge is 2.54. The van der Waals surface area contributed by atoms with E-state index >= 15 is 0 Å². The van der Waals surface area contributed by atoms with Crippen LogP contribution in [0, 0.1) is 0 Å². The van der Waals surface area contributed by atoms with Crippen molar-refractivity contribution in [1.82, 2.24) is 15.2 Å². The number of hydrogen-bond acceptors (Lipinski definition) is 12. The second kappa shape index (κ2) is 12.5. The number of rotatable bonds is 14. The van der Waals surface area contributed by atoms with Crippen LogP contribution >= 0.6 is 30.7 Å². The summed E-state index contributed by atoms with van der Waals surface area (Å²) in [5.41, 5.74) is -0.150. The van der Waals surface area contributed by atoms with Gasteiger partial charge in [-0.15, -0.1) is 23.1 Å². The number of carboxylic acid groups (broad SMARTS) is 1. The number of fused-ring (bicyclic) bond motifs is 1. The first kappa shape index (κ1) is 28.5. The molecule has 3 heterocycles. The second-order valence-electron chi connectivity index (χ2n) is 7.19. The maximum absolute atomic E-state index is 13.2. The molecule has 1 aromatic heterocycles. The molecule has 2 atom stereocenters. The normalized spacial score (nSPS) is 19.6. The smallest absolute Gasteiger partial charge is 0.370 e. The molecule has 200 valence electrons. The standard InChI is InChI=1S/C20H24N5O9PS2/c1-4-11-7-36-18-14(17(28)25(18)15(11)19(29)30)23-16(27)13(12-8-37-20(22-12)21-9-26)24-32-10-35(31,33-5-2)34-6-3/h4,8-9,14,18H,1,5-7,10H2,2-3H3,(H,23,27)(H,29,30)(H,21,22,26)/t14?,18-/m0/s1. The molecule has 0 bridgehead atoms. The zero-order valence-corrected chi connectivity index (χ0v) is 22.3. The lowest BCUT2D eigenvalue weighted by Crippen LogP contribution is -2.71. The van der Waals surface area contributed by atoms with E-state index in [0.29, 0.717) is 12.0 Å². The Morgan fingerprint density at radius 1 is 1.38 bits per heavy atom. The van der Waals surface area contributed by atoms with Crippen LogP contribution in [0.1, 0.15) is 19.5 Å². The van der Waals surface area contributed by atoms with Crippen LogP contribution in [0.3, 0.4) is 0 Å². The Hall–Kier alpha value is -3.04. The predicted octanol–water partition coefficient (Wildman–Crippen LogP) is 1.58. The van der Waals surface area contributed by atoms with Crippen LogP contribution in [0.2, 0.25) is 0 Å². The lowest BCUT2D eigenvalue weighted by Gasteiger charge is -2.49. The Morgan fingerprint density at radius 2 is 2.08 bits per heavy atom. The van der Waals surface area contributed by atoms with Crippen molar-refractivity contribution in [1.29, 1.82) is 0 Å². The molecule has 1 saturated heterocycles. The SMILES string of the molecule is C=CC1=C(C(=O)O)N2C(=O)C(NC(=O)C(=NOCP(=O)(OCC)OCC)c3csc(NC=O)n3)[C@@H]2SC1. The van der Waals surface area contributed by atoms with Crippen molar-refractivity contribution >= 4 is 65.7 Å². The molecule has 2 aliphatic heterocycles. The first-order chi connectivity index (χ1) is 17.7. The zero-order chi connectivity index (χ0) is 27.2. The third-order valence-electron chi connectivity index (χ3n) is 4.90. The van der Waals surface area contributed by atoms with Gasteiger partial charge in [-0.3, -0.25) is 23.8 Å². The van der Waals surface area contributed by atoms with Crippen LogP contribution in [0.25, 0.3) is 0 Å². The van der Waals surface area contributed by atoms with Crippen molar-refractivity contribution in [3.05, 3.63) is 35.0 Å². The fourth-order valence-electron chi connectivity index (χ4n) is 3.38. The fourth-order valence-corrected chi connectivity index (χ4v) is 6.59. The monoisotopic (exact) mass is 573 g/mol. The number of nitrogens with one attached hydrogen (secondary N) is 2. The number of carbonyl (C=O) groups excluding carboxylic acids is 3. The molecule has 3 N–H and O–H groups in total. The number of carboxylic acids is 1. The molecule has 2 aliphatic rings. The minimum atomic E-state index is -3.65. The number of hydrogen-bond donors (Lipinski definition) is 3. The van der Waals surface area contributed by atoms with Gasteiger partial charge < -0.3 is 29.6 Å². The molecule has 1 unspecified atom stereocenters. The minimum Gasteiger partial charge on any atom is -0.477 e. The molecule has 0 aliphatic carbocycles. The Morgan fingerprint density at radius 3 is 2.68 bits per heavy atom. The summed E-state index contributed by atoms with van der Waals surface area (Å²) in [5.74, 6) is -2.48. The van der Waals surface area contributed by atoms with Crippen LogP contribution in [-0.4, -0.2) is 81.6 Å². The van der Waals surface area contributed by atoms with E-state index in [9.17, 15) is 28.8 Å². The molecular weight excluding hydrogens is 549 g/mol. The third-order valence-corrected chi connectivity index (χ3v) is 8.71. The van der Waals surface area contributed by atoms with E-state index in [1.807, 2.05) is 0 Å². The average molecular weight is 574 g/mol. The zero-order valence-electron chi connectivity index (χ0n) is 19.7. The van der Waals surface area contributed by atoms with Gasteiger partial charge in [0.1, 0.15) is 22.8 Å². The van der Waals surface area contributed by atoms with Crippen LogP contribution in [0.5, 0.6) is 0 Å². The number of carbonyl (C=O) groups is 4. The highest BCUT2D eigenvalue weighted by molar-refractivity contribution is 8.00. The van der Waals surface area contributed by atoms with Gasteiger partial charge in [-0.05, 0) is 19.4 Å². The summed E-state index contributed by atoms with van der Waals surface area (Å²) in [5, 5.41) is 19.1. The topological polar surface area (TPSA) is 186 Å². The van der Waals surface area contributed by atoms with E-state index in [1.165, 1.54) is 23.2 Å². The quantitative estimate of drug-likeness (QED) is 0.0964. The summed E-state index contributed by atoms with van der Waals surface area (Å²) in [6.45, 7) is 7.01. The molecule has 17 heteroatoms. The third kappa shape index (κ3) is 6.27. The van der Waals surface area contributed by atoms with Gasteiger partial charge in [0, 0.05) is 11.1 Å². The molecule has 1 fully saturated rings. The van der Waals surface area contributed by atoms with Gasteiger partial charge in [0.15, 0.2) is 10.8 Å². The van der Waals surface area contributed by atoms with E-state index in [0.717, 1.165) is 16.2 Å². The Balaban J connectivity index is 1.82. The van der Waals surface area contributed by atoms with Gasteiger partial charge in [0.25, 0.3) is 11.8 Å². The predicted molar refractivity (Wildman–Crippen MR) is 135 cm³/mol. The maximum atomic E-state index is 13.2. The van der Waals surface area contributed by atoms with Crippen molar-refractivity contribution in [2.24, 2.45) is 5.16 Å². The molecule has 1 aromatic rings. The number of anilines is 1. The number of thioether (sulfide) groups is 1. The number of oxime groups is 1. The summed E-state index contributed by atoms with van der Waals surface area (Å²) >= 11 is 2.27. The maximum Gasteiger partial charge on any atom is 0.370 e. The number of β-lactam (4-membered cyclic amide) rings is 1. The summed E-state index contributed by atoms with van der Waals surface area (Å²) < 4.78 is 22.9. The lowest BCUT2D eigenvalue weighted by atomic mass is 10.0. The van der Waals surface area contributed by atoms with Crippen molar-refractivity contribution in [3.63, 3.8) is 0 Å². The molecule has 0 aromatic carbocycles. The second-order valence-corrected chi connectivity index (χ2v) is 11.1. The van der Waals surface area contributed by atoms with Gasteiger partial charge in [0.05, 0.1) is 13.2 Å². The molecular formula is C20H24N5O9PS2. The van der Waals surface area contributed by atoms with Crippen LogP contribution in [0.15, 0.2) is 34.5 Å². The van der Waals surface area contributed by atoms with Gasteiger partial charge in [-0.1, -0.05) is 17.8 Å². The van der Waals surface area contributed by atoms with Crippen molar-refractivity contribution in [3.8, 4) is 0 Å². The van der Waals surface area contributed by atoms with Crippen molar-refractivity contribution in [2.75, 3.05) is 30.6 Å². The fraction of sp³-hybridized carbons (Fsp3) is 0.400. The van der Waals surface area contributed by atoms with Crippen LogP contribution in [-0.2, 0) is 37.6 Å². The van der Waals surface area contributed by atoms with Gasteiger partial charge in [-0.2, -0.15) is 0 Å². The number of aliphatic carboxylic acids is 1. The first-order valence-electron chi connectivity index (χ1n) is 10.8. The first-order valence-corrected chi connectivity index (χ1v) is 14.4. The molecule has 37 heavy (non-hydrogen) atoms. The van der Waals surface area contributed by atoms with E-state index in [4.69, 9.17) is 13.9 Å². The number of allylic oxidation sites excluding steroid dienone is 1. The number of nitrogens with zero attached hydrogens (tertiary/aromatic N) is 3. The summed E-state index contributed by atoms with van der Waals surface area (Å²) in [6, 6.07) is -1.05. The largest absolute Gasteiger partial charge is 0.477 e. The molecule has 0 radical (unpaired) electrons.